The number of H-pyrrole nitrogens is 2. The summed E-state index contributed by atoms with van der Waals surface area (Å²) in [6.07, 6.45) is 2.89. The first-order valence-corrected chi connectivity index (χ1v) is 10.3. The molecule has 1 aliphatic heterocycles. The van der Waals surface area contributed by atoms with E-state index in [4.69, 9.17) is 4.98 Å². The van der Waals surface area contributed by atoms with Crippen LogP contribution in [0, 0.1) is 0 Å². The average Bonchev–Trinajstić information content (AvgIpc) is 3.15. The Morgan fingerprint density at radius 3 is 2.97 bits per heavy atom. The van der Waals surface area contributed by atoms with E-state index in [0.29, 0.717) is 12.4 Å². The van der Waals surface area contributed by atoms with Crippen LogP contribution in [0.25, 0.3) is 11.4 Å². The fourth-order valence-corrected chi connectivity index (χ4v) is 3.84. The van der Waals surface area contributed by atoms with Gasteiger partial charge in [0.05, 0.1) is 17.0 Å². The molecule has 0 spiro atoms. The van der Waals surface area contributed by atoms with Crippen molar-refractivity contribution in [2.24, 2.45) is 0 Å². The zero-order valence-corrected chi connectivity index (χ0v) is 17.1. The van der Waals surface area contributed by atoms with Crippen LogP contribution in [0.4, 0.5) is 0 Å². The van der Waals surface area contributed by atoms with E-state index in [1.807, 2.05) is 12.1 Å². The van der Waals surface area contributed by atoms with Crippen LogP contribution in [-0.4, -0.2) is 38.7 Å². The summed E-state index contributed by atoms with van der Waals surface area (Å²) in [6, 6.07) is 10.4. The molecule has 0 bridgehead atoms. The third-order valence-corrected chi connectivity index (χ3v) is 5.22. The Kier molecular flexibility index (Phi) is 5.87. The summed E-state index contributed by atoms with van der Waals surface area (Å²) in [7, 11) is 2.10. The van der Waals surface area contributed by atoms with Crippen molar-refractivity contribution in [3.63, 3.8) is 0 Å². The molecule has 3 N–H and O–H groups in total. The molecule has 0 amide bonds. The Morgan fingerprint density at radius 2 is 2.10 bits per heavy atom. The number of hydrogen-bond acceptors (Lipinski definition) is 5. The number of fused-ring (bicyclic) bond motifs is 1. The summed E-state index contributed by atoms with van der Waals surface area (Å²) < 4.78 is 0. The number of rotatable bonds is 7. The number of aromatic amines is 2. The van der Waals surface area contributed by atoms with Gasteiger partial charge in [0.1, 0.15) is 5.82 Å². The van der Waals surface area contributed by atoms with Gasteiger partial charge in [-0.15, -0.1) is 0 Å². The first kappa shape index (κ1) is 19.5. The van der Waals surface area contributed by atoms with Gasteiger partial charge in [-0.2, -0.15) is 5.10 Å². The van der Waals surface area contributed by atoms with Gasteiger partial charge in [0, 0.05) is 43.9 Å². The predicted octanol–water partition coefficient (Wildman–Crippen LogP) is 2.39. The second-order valence-corrected chi connectivity index (χ2v) is 7.77. The smallest absolute Gasteiger partial charge is 0.255 e. The molecule has 0 aliphatic carbocycles. The Bertz CT molecular complexity index is 1040. The van der Waals surface area contributed by atoms with Crippen LogP contribution in [0.5, 0.6) is 0 Å². The number of nitrogens with zero attached hydrogens (tertiary/aromatic N) is 3. The fourth-order valence-electron chi connectivity index (χ4n) is 3.84. The second kappa shape index (κ2) is 8.71. The molecule has 152 valence electrons. The van der Waals surface area contributed by atoms with E-state index in [1.165, 1.54) is 5.56 Å². The maximum absolute atomic E-state index is 12.4. The summed E-state index contributed by atoms with van der Waals surface area (Å²) in [5.41, 5.74) is 6.00. The number of benzene rings is 1. The van der Waals surface area contributed by atoms with Crippen LogP contribution in [0.1, 0.15) is 41.6 Å². The lowest BCUT2D eigenvalue weighted by atomic mass is 10.1. The SMILES string of the molecule is CCCc1cc(CN(C)Cc2cccc(-c3nc4c(c(=O)[nH]3)CNCC4)c2)[nH]n1. The normalized spacial score (nSPS) is 13.6. The van der Waals surface area contributed by atoms with Crippen molar-refractivity contribution in [3.8, 4) is 11.4 Å². The van der Waals surface area contributed by atoms with E-state index >= 15 is 0 Å². The van der Waals surface area contributed by atoms with Gasteiger partial charge < -0.3 is 10.3 Å². The van der Waals surface area contributed by atoms with E-state index in [9.17, 15) is 4.79 Å². The molecule has 7 nitrogen and oxygen atoms in total. The lowest BCUT2D eigenvalue weighted by molar-refractivity contribution is 0.315. The minimum atomic E-state index is -0.0400. The molecule has 0 atom stereocenters. The topological polar surface area (TPSA) is 89.7 Å². The Morgan fingerprint density at radius 1 is 1.21 bits per heavy atom. The molecule has 0 radical (unpaired) electrons. The third-order valence-electron chi connectivity index (χ3n) is 5.22. The molecule has 1 aromatic carbocycles. The van der Waals surface area contributed by atoms with Gasteiger partial charge in [-0.3, -0.25) is 14.8 Å². The Hall–Kier alpha value is -2.77. The molecule has 1 aliphatic rings. The van der Waals surface area contributed by atoms with E-state index in [1.54, 1.807) is 0 Å². The van der Waals surface area contributed by atoms with Crippen molar-refractivity contribution in [1.29, 1.82) is 0 Å². The summed E-state index contributed by atoms with van der Waals surface area (Å²) >= 11 is 0. The van der Waals surface area contributed by atoms with Gasteiger partial charge in [0.15, 0.2) is 0 Å². The van der Waals surface area contributed by atoms with Gasteiger partial charge in [-0.25, -0.2) is 4.98 Å². The van der Waals surface area contributed by atoms with Gasteiger partial charge in [0.2, 0.25) is 0 Å². The zero-order valence-electron chi connectivity index (χ0n) is 17.1. The number of nitrogens with one attached hydrogen (secondary N) is 3. The first-order chi connectivity index (χ1) is 14.1. The van der Waals surface area contributed by atoms with E-state index in [0.717, 1.165) is 67.1 Å². The van der Waals surface area contributed by atoms with Gasteiger partial charge in [0.25, 0.3) is 5.56 Å². The molecule has 3 aromatic rings. The van der Waals surface area contributed by atoms with Crippen LogP contribution >= 0.6 is 0 Å². The minimum Gasteiger partial charge on any atom is -0.312 e. The molecule has 4 rings (SSSR count). The van der Waals surface area contributed by atoms with Crippen molar-refractivity contribution in [2.75, 3.05) is 13.6 Å². The monoisotopic (exact) mass is 392 g/mol. The number of aryl methyl sites for hydroxylation is 1. The minimum absolute atomic E-state index is 0.0400. The highest BCUT2D eigenvalue weighted by Crippen LogP contribution is 2.19. The molecule has 7 heteroatoms. The zero-order chi connectivity index (χ0) is 20.2. The lowest BCUT2D eigenvalue weighted by Crippen LogP contribution is -2.31. The molecular formula is C22H28N6O. The molecule has 0 saturated heterocycles. The Labute approximate surface area is 170 Å². The molecule has 0 unspecified atom stereocenters. The van der Waals surface area contributed by atoms with Crippen LogP contribution in [0.15, 0.2) is 35.1 Å². The molecule has 0 fully saturated rings. The van der Waals surface area contributed by atoms with Crippen LogP contribution < -0.4 is 10.9 Å². The van der Waals surface area contributed by atoms with Crippen LogP contribution in [0.3, 0.4) is 0 Å². The van der Waals surface area contributed by atoms with Crippen molar-refractivity contribution >= 4 is 0 Å². The van der Waals surface area contributed by atoms with E-state index in [2.05, 4.69) is 57.6 Å². The first-order valence-electron chi connectivity index (χ1n) is 10.3. The largest absolute Gasteiger partial charge is 0.312 e. The highest BCUT2D eigenvalue weighted by Gasteiger charge is 2.16. The lowest BCUT2D eigenvalue weighted by Gasteiger charge is -2.17. The fraction of sp³-hybridized carbons (Fsp3) is 0.409. The van der Waals surface area contributed by atoms with E-state index < -0.39 is 0 Å². The van der Waals surface area contributed by atoms with Crippen molar-refractivity contribution in [2.45, 2.75) is 45.8 Å². The van der Waals surface area contributed by atoms with E-state index in [-0.39, 0.29) is 5.56 Å². The predicted molar refractivity (Wildman–Crippen MR) is 113 cm³/mol. The number of aromatic nitrogens is 4. The average molecular weight is 393 g/mol. The van der Waals surface area contributed by atoms with Crippen molar-refractivity contribution < 1.29 is 0 Å². The third kappa shape index (κ3) is 4.63. The van der Waals surface area contributed by atoms with Gasteiger partial charge >= 0.3 is 0 Å². The highest BCUT2D eigenvalue weighted by molar-refractivity contribution is 5.56. The maximum atomic E-state index is 12.4. The molecule has 3 heterocycles. The summed E-state index contributed by atoms with van der Waals surface area (Å²) in [5.74, 6) is 0.651. The van der Waals surface area contributed by atoms with Gasteiger partial charge in [-0.05, 0) is 31.2 Å². The molecule has 2 aromatic heterocycles. The maximum Gasteiger partial charge on any atom is 0.255 e. The summed E-state index contributed by atoms with van der Waals surface area (Å²) in [4.78, 5) is 22.3. The summed E-state index contributed by atoms with van der Waals surface area (Å²) in [5, 5.41) is 10.7. The molecular weight excluding hydrogens is 364 g/mol. The summed E-state index contributed by atoms with van der Waals surface area (Å²) in [6.45, 7) is 5.23. The van der Waals surface area contributed by atoms with Crippen LogP contribution in [-0.2, 0) is 32.5 Å². The number of hydrogen-bond donors (Lipinski definition) is 3. The standard InChI is InChI=1S/C22H28N6O/c1-3-5-17-11-18(27-26-17)14-28(2)13-15-6-4-7-16(10-15)21-24-20-8-9-23-12-19(20)22(29)25-21/h4,6-7,10-11,23H,3,5,8-9,12-14H2,1-2H3,(H,26,27)(H,24,25,29). The Balaban J connectivity index is 1.48. The van der Waals surface area contributed by atoms with Gasteiger partial charge in [-0.1, -0.05) is 31.5 Å². The molecule has 0 saturated carbocycles. The van der Waals surface area contributed by atoms with Crippen molar-refractivity contribution in [1.82, 2.24) is 30.4 Å². The second-order valence-electron chi connectivity index (χ2n) is 7.77. The van der Waals surface area contributed by atoms with Crippen LogP contribution in [0.2, 0.25) is 0 Å². The quantitative estimate of drug-likeness (QED) is 0.574. The highest BCUT2D eigenvalue weighted by atomic mass is 16.1. The molecule has 29 heavy (non-hydrogen) atoms. The van der Waals surface area contributed by atoms with Crippen molar-refractivity contribution in [3.05, 3.63) is 68.9 Å².